The summed E-state index contributed by atoms with van der Waals surface area (Å²) in [6.45, 7) is 1.97. The van der Waals surface area contributed by atoms with Crippen molar-refractivity contribution >= 4 is 17.4 Å². The minimum absolute atomic E-state index is 0.191. The van der Waals surface area contributed by atoms with Crippen molar-refractivity contribution < 1.29 is 49.6 Å². The molecule has 2 heterocycles. The van der Waals surface area contributed by atoms with Gasteiger partial charge in [-0.05, 0) is 30.7 Å². The lowest BCUT2D eigenvalue weighted by Gasteiger charge is -2.43. The summed E-state index contributed by atoms with van der Waals surface area (Å²) in [5.41, 5.74) is 1.15. The average Bonchev–Trinajstić information content (AvgIpc) is 2.93. The van der Waals surface area contributed by atoms with Gasteiger partial charge >= 0.3 is 6.03 Å². The Labute approximate surface area is 228 Å². The number of anilines is 2. The number of nitrogens with one attached hydrogen (secondary N) is 3. The van der Waals surface area contributed by atoms with Crippen LogP contribution in [0.4, 0.5) is 16.2 Å². The molecule has 39 heavy (non-hydrogen) atoms. The second-order valence-electron chi connectivity index (χ2n) is 9.98. The molecular weight excluding hydrogens is 514 g/mol. The van der Waals surface area contributed by atoms with E-state index in [9.17, 15) is 35.4 Å². The quantitative estimate of drug-likeness (QED) is 0.146. The molecule has 0 radical (unpaired) electrons. The molecule has 1 aromatic carbocycles. The van der Waals surface area contributed by atoms with Crippen LogP contribution in [0, 0.1) is 0 Å². The zero-order valence-electron chi connectivity index (χ0n) is 22.2. The summed E-state index contributed by atoms with van der Waals surface area (Å²) in [5.74, 6) is 0. The third-order valence-electron chi connectivity index (χ3n) is 6.91. The van der Waals surface area contributed by atoms with Crippen LogP contribution in [0.25, 0.3) is 0 Å². The van der Waals surface area contributed by atoms with Crippen LogP contribution >= 0.6 is 0 Å². The Kier molecular flexibility index (Phi) is 12.6. The number of unbranched alkanes of at least 4 members (excludes halogenated alkanes) is 5. The molecule has 4 unspecified atom stereocenters. The predicted octanol–water partition coefficient (Wildman–Crippen LogP) is -0.156. The van der Waals surface area contributed by atoms with E-state index in [0.29, 0.717) is 17.9 Å². The van der Waals surface area contributed by atoms with Gasteiger partial charge in [0, 0.05) is 17.9 Å². The fourth-order valence-corrected chi connectivity index (χ4v) is 4.49. The van der Waals surface area contributed by atoms with Crippen molar-refractivity contribution in [1.29, 1.82) is 0 Å². The number of urea groups is 1. The Bertz CT molecular complexity index is 861. The molecule has 13 heteroatoms. The Morgan fingerprint density at radius 1 is 0.897 bits per heavy atom. The molecule has 2 aliphatic rings. The van der Waals surface area contributed by atoms with E-state index in [4.69, 9.17) is 14.2 Å². The Morgan fingerprint density at radius 3 is 2.26 bits per heavy atom. The lowest BCUT2D eigenvalue weighted by Crippen LogP contribution is -2.62. The van der Waals surface area contributed by atoms with Gasteiger partial charge in [-0.15, -0.1) is 0 Å². The first-order valence-electron chi connectivity index (χ1n) is 13.6. The number of aliphatic hydroxyl groups is 6. The van der Waals surface area contributed by atoms with E-state index < -0.39 is 61.9 Å². The van der Waals surface area contributed by atoms with Gasteiger partial charge in [0.15, 0.2) is 12.5 Å². The van der Waals surface area contributed by atoms with Crippen LogP contribution in [0.5, 0.6) is 0 Å². The van der Waals surface area contributed by atoms with E-state index >= 15 is 0 Å². The second-order valence-corrected chi connectivity index (χ2v) is 9.98. The van der Waals surface area contributed by atoms with Crippen molar-refractivity contribution in [2.75, 3.05) is 30.4 Å². The third-order valence-corrected chi connectivity index (χ3v) is 6.91. The molecule has 0 aliphatic carbocycles. The summed E-state index contributed by atoms with van der Waals surface area (Å²) in [6, 6.07) is 6.45. The first-order chi connectivity index (χ1) is 18.7. The maximum Gasteiger partial charge on any atom is 0.319 e. The summed E-state index contributed by atoms with van der Waals surface area (Å²) < 4.78 is 16.4. The highest BCUT2D eigenvalue weighted by Crippen LogP contribution is 2.27. The fourth-order valence-electron chi connectivity index (χ4n) is 4.49. The molecule has 0 saturated carbocycles. The van der Waals surface area contributed by atoms with Gasteiger partial charge in [-0.3, -0.25) is 0 Å². The fraction of sp³-hybridized carbons (Fsp3) is 0.731. The number of benzene rings is 1. The number of amides is 2. The molecule has 2 saturated heterocycles. The van der Waals surface area contributed by atoms with Crippen molar-refractivity contribution in [2.45, 2.75) is 101 Å². The molecule has 3 rings (SSSR count). The molecule has 1 aromatic rings. The number of aliphatic hydroxyl groups excluding tert-OH is 6. The summed E-state index contributed by atoms with van der Waals surface area (Å²) in [6.07, 6.45) is -5.59. The van der Waals surface area contributed by atoms with E-state index in [0.717, 1.165) is 12.8 Å². The van der Waals surface area contributed by atoms with Crippen LogP contribution in [-0.4, -0.2) is 112 Å². The molecule has 13 nitrogen and oxygen atoms in total. The smallest absolute Gasteiger partial charge is 0.319 e. The molecule has 9 atom stereocenters. The summed E-state index contributed by atoms with van der Waals surface area (Å²) in [7, 11) is 0. The number of hydrogen-bond acceptors (Lipinski definition) is 11. The van der Waals surface area contributed by atoms with Gasteiger partial charge in [0.1, 0.15) is 42.7 Å². The molecule has 2 aliphatic heterocycles. The molecule has 0 spiro atoms. The number of carbonyl (C=O) groups is 1. The van der Waals surface area contributed by atoms with Crippen LogP contribution in [0.1, 0.15) is 45.4 Å². The first kappa shape index (κ1) is 31.5. The van der Waals surface area contributed by atoms with Crippen LogP contribution in [0.2, 0.25) is 0 Å². The summed E-state index contributed by atoms with van der Waals surface area (Å²) in [4.78, 5) is 12.1. The zero-order chi connectivity index (χ0) is 28.4. The maximum atomic E-state index is 12.1. The summed E-state index contributed by atoms with van der Waals surface area (Å²) in [5, 5.41) is 69.0. The number of carbonyl (C=O) groups excluding carboxylic acids is 1. The topological polar surface area (TPSA) is 202 Å². The Morgan fingerprint density at radius 2 is 1.56 bits per heavy atom. The van der Waals surface area contributed by atoms with Crippen LogP contribution < -0.4 is 16.0 Å². The molecule has 222 valence electrons. The SMILES string of the molecule is CCCCCCCCNC(=O)Nc1ccc(N[C@@H]2OC[C@@H](OC3OC(CO)[C@H](O)C(O)[C@@H]3O)[C@H](O)C2O)cc1. The monoisotopic (exact) mass is 557 g/mol. The van der Waals surface area contributed by atoms with Crippen LogP contribution in [-0.2, 0) is 14.2 Å². The van der Waals surface area contributed by atoms with Gasteiger partial charge < -0.3 is 60.8 Å². The van der Waals surface area contributed by atoms with E-state index in [-0.39, 0.29) is 12.6 Å². The summed E-state index contributed by atoms with van der Waals surface area (Å²) >= 11 is 0. The lowest BCUT2D eigenvalue weighted by atomic mass is 9.99. The Balaban J connectivity index is 1.42. The van der Waals surface area contributed by atoms with Crippen LogP contribution in [0.3, 0.4) is 0 Å². The molecule has 0 bridgehead atoms. The zero-order valence-corrected chi connectivity index (χ0v) is 22.2. The highest BCUT2D eigenvalue weighted by atomic mass is 16.7. The number of hydrogen-bond donors (Lipinski definition) is 9. The van der Waals surface area contributed by atoms with E-state index in [2.05, 4.69) is 22.9 Å². The van der Waals surface area contributed by atoms with Crippen molar-refractivity contribution in [3.8, 4) is 0 Å². The van der Waals surface area contributed by atoms with Crippen molar-refractivity contribution in [3.63, 3.8) is 0 Å². The molecule has 0 aromatic heterocycles. The first-order valence-corrected chi connectivity index (χ1v) is 13.6. The largest absolute Gasteiger partial charge is 0.394 e. The minimum atomic E-state index is -1.65. The van der Waals surface area contributed by atoms with Gasteiger partial charge in [0.2, 0.25) is 0 Å². The predicted molar refractivity (Wildman–Crippen MR) is 141 cm³/mol. The van der Waals surface area contributed by atoms with Crippen molar-refractivity contribution in [2.24, 2.45) is 0 Å². The third kappa shape index (κ3) is 8.96. The van der Waals surface area contributed by atoms with E-state index in [1.807, 2.05) is 0 Å². The lowest BCUT2D eigenvalue weighted by molar-refractivity contribution is -0.330. The van der Waals surface area contributed by atoms with Crippen molar-refractivity contribution in [1.82, 2.24) is 5.32 Å². The van der Waals surface area contributed by atoms with Gasteiger partial charge in [0.05, 0.1) is 13.2 Å². The van der Waals surface area contributed by atoms with Gasteiger partial charge in [-0.25, -0.2) is 4.79 Å². The second kappa shape index (κ2) is 15.6. The number of rotatable bonds is 13. The van der Waals surface area contributed by atoms with Gasteiger partial charge in [-0.2, -0.15) is 0 Å². The highest BCUT2D eigenvalue weighted by molar-refractivity contribution is 5.89. The minimum Gasteiger partial charge on any atom is -0.394 e. The normalized spacial score (nSPS) is 32.9. The molecule has 9 N–H and O–H groups in total. The molecule has 2 amide bonds. The van der Waals surface area contributed by atoms with Gasteiger partial charge in [-0.1, -0.05) is 39.0 Å². The number of ether oxygens (including phenoxy) is 3. The van der Waals surface area contributed by atoms with E-state index in [1.54, 1.807) is 24.3 Å². The van der Waals surface area contributed by atoms with E-state index in [1.165, 1.54) is 25.7 Å². The van der Waals surface area contributed by atoms with Crippen LogP contribution in [0.15, 0.2) is 24.3 Å². The average molecular weight is 558 g/mol. The maximum absolute atomic E-state index is 12.1. The Hall–Kier alpha value is -2.07. The standard InChI is InChI=1S/C26H43N3O10/c1-2-3-4-5-6-7-12-27-26(36)29-16-10-8-15(9-11-16)28-24-22(34)20(32)18(14-37-24)39-25-23(35)21(33)19(31)17(13-30)38-25/h8-11,17-25,28,30-35H,2-7,12-14H2,1H3,(H2,27,29,36)/t17?,18-,19+,20+,21?,22?,23+,24-,25?/m1/s1. The van der Waals surface area contributed by atoms with Gasteiger partial charge in [0.25, 0.3) is 0 Å². The highest BCUT2D eigenvalue weighted by Gasteiger charge is 2.47. The molecule has 2 fully saturated rings. The van der Waals surface area contributed by atoms with Crippen molar-refractivity contribution in [3.05, 3.63) is 24.3 Å². The molecular formula is C26H43N3O10.